The highest BCUT2D eigenvalue weighted by atomic mass is 14.8. The smallest absolute Gasteiger partial charge is 0.00202 e. The largest absolute Gasteiger partial charge is 0.316 e. The summed E-state index contributed by atoms with van der Waals surface area (Å²) in [6.45, 7) is 11.4. The van der Waals surface area contributed by atoms with Gasteiger partial charge in [-0.15, -0.1) is 0 Å². The summed E-state index contributed by atoms with van der Waals surface area (Å²) < 4.78 is 0. The monoisotopic (exact) mass is 289 g/mol. The van der Waals surface area contributed by atoms with Gasteiger partial charge in [0.2, 0.25) is 0 Å². The van der Waals surface area contributed by atoms with Crippen LogP contribution in [-0.4, -0.2) is 13.1 Å². The Morgan fingerprint density at radius 3 is 2.52 bits per heavy atom. The zero-order valence-electron chi connectivity index (χ0n) is 14.6. The highest BCUT2D eigenvalue weighted by Crippen LogP contribution is 2.28. The summed E-state index contributed by atoms with van der Waals surface area (Å²) in [5.41, 5.74) is 2.91. The first kappa shape index (κ1) is 18.2. The van der Waals surface area contributed by atoms with Crippen LogP contribution in [-0.2, 0) is 0 Å². The van der Waals surface area contributed by atoms with Crippen molar-refractivity contribution >= 4 is 0 Å². The van der Waals surface area contributed by atoms with E-state index in [4.69, 9.17) is 0 Å². The summed E-state index contributed by atoms with van der Waals surface area (Å²) >= 11 is 0. The van der Waals surface area contributed by atoms with E-state index in [0.717, 1.165) is 19.0 Å². The Balaban J connectivity index is 2.71. The van der Waals surface area contributed by atoms with Crippen molar-refractivity contribution in [2.45, 2.75) is 72.1 Å². The van der Waals surface area contributed by atoms with Crippen LogP contribution < -0.4 is 5.32 Å². The fourth-order valence-corrected chi connectivity index (χ4v) is 3.10. The van der Waals surface area contributed by atoms with Crippen molar-refractivity contribution in [3.05, 3.63) is 35.4 Å². The lowest BCUT2D eigenvalue weighted by molar-refractivity contribution is 0.376. The van der Waals surface area contributed by atoms with Crippen LogP contribution in [0.2, 0.25) is 0 Å². The lowest BCUT2D eigenvalue weighted by atomic mass is 9.84. The van der Waals surface area contributed by atoms with Crippen molar-refractivity contribution in [3.63, 3.8) is 0 Å². The number of hydrogen-bond acceptors (Lipinski definition) is 1. The van der Waals surface area contributed by atoms with E-state index in [-0.39, 0.29) is 0 Å². The molecule has 0 bridgehead atoms. The maximum atomic E-state index is 3.64. The molecule has 2 atom stereocenters. The van der Waals surface area contributed by atoms with E-state index in [9.17, 15) is 0 Å². The minimum atomic E-state index is 0.665. The zero-order valence-corrected chi connectivity index (χ0v) is 14.6. The normalized spacial score (nSPS) is 14.1. The van der Waals surface area contributed by atoms with Crippen molar-refractivity contribution < 1.29 is 0 Å². The molecule has 1 aromatic rings. The van der Waals surface area contributed by atoms with Gasteiger partial charge in [-0.25, -0.2) is 0 Å². The summed E-state index contributed by atoms with van der Waals surface area (Å²) in [6.07, 6.45) is 7.95. The number of rotatable bonds is 11. The molecule has 0 aliphatic heterocycles. The molecule has 1 rings (SSSR count). The van der Waals surface area contributed by atoms with Crippen molar-refractivity contribution in [3.8, 4) is 0 Å². The Labute approximate surface area is 132 Å². The van der Waals surface area contributed by atoms with Gasteiger partial charge in [0.25, 0.3) is 0 Å². The molecule has 21 heavy (non-hydrogen) atoms. The fourth-order valence-electron chi connectivity index (χ4n) is 3.10. The van der Waals surface area contributed by atoms with Crippen LogP contribution in [0.25, 0.3) is 0 Å². The minimum absolute atomic E-state index is 0.665. The highest BCUT2D eigenvalue weighted by Gasteiger charge is 2.17. The highest BCUT2D eigenvalue weighted by molar-refractivity contribution is 5.25. The molecule has 0 amide bonds. The zero-order chi connectivity index (χ0) is 15.5. The summed E-state index contributed by atoms with van der Waals surface area (Å²) in [7, 11) is 0. The molecule has 0 aliphatic carbocycles. The van der Waals surface area contributed by atoms with E-state index < -0.39 is 0 Å². The molecule has 0 saturated heterocycles. The third-order valence-electron chi connectivity index (χ3n) is 4.49. The Morgan fingerprint density at radius 1 is 1.10 bits per heavy atom. The lowest BCUT2D eigenvalue weighted by Gasteiger charge is -2.24. The van der Waals surface area contributed by atoms with Gasteiger partial charge in [-0.05, 0) is 43.7 Å². The maximum Gasteiger partial charge on any atom is 0.00202 e. The second-order valence-corrected chi connectivity index (χ2v) is 6.47. The molecule has 0 saturated carbocycles. The van der Waals surface area contributed by atoms with Gasteiger partial charge in [0.05, 0.1) is 0 Å². The fraction of sp³-hybridized carbons (Fsp3) is 0.700. The van der Waals surface area contributed by atoms with Gasteiger partial charge in [-0.1, -0.05) is 76.3 Å². The van der Waals surface area contributed by atoms with Crippen LogP contribution in [0.5, 0.6) is 0 Å². The molecule has 0 heterocycles. The second-order valence-electron chi connectivity index (χ2n) is 6.47. The first-order chi connectivity index (χ1) is 10.2. The van der Waals surface area contributed by atoms with E-state index in [1.807, 2.05) is 0 Å². The molecule has 0 aliphatic rings. The first-order valence-corrected chi connectivity index (χ1v) is 8.98. The van der Waals surface area contributed by atoms with Crippen LogP contribution >= 0.6 is 0 Å². The molecule has 2 unspecified atom stereocenters. The van der Waals surface area contributed by atoms with Gasteiger partial charge in [-0.3, -0.25) is 0 Å². The van der Waals surface area contributed by atoms with Gasteiger partial charge in [0.1, 0.15) is 0 Å². The summed E-state index contributed by atoms with van der Waals surface area (Å²) in [5, 5.41) is 3.64. The average Bonchev–Trinajstić information content (AvgIpc) is 2.50. The lowest BCUT2D eigenvalue weighted by Crippen LogP contribution is -2.24. The van der Waals surface area contributed by atoms with Crippen molar-refractivity contribution in [1.82, 2.24) is 5.32 Å². The second kappa shape index (κ2) is 10.8. The van der Waals surface area contributed by atoms with E-state index in [2.05, 4.69) is 57.3 Å². The summed E-state index contributed by atoms with van der Waals surface area (Å²) in [5.74, 6) is 1.54. The quantitative estimate of drug-likeness (QED) is 0.516. The average molecular weight is 290 g/mol. The Kier molecular flexibility index (Phi) is 9.41. The van der Waals surface area contributed by atoms with Gasteiger partial charge in [-0.2, -0.15) is 0 Å². The topological polar surface area (TPSA) is 12.0 Å². The predicted molar refractivity (Wildman–Crippen MR) is 95.0 cm³/mol. The van der Waals surface area contributed by atoms with Crippen molar-refractivity contribution in [2.24, 2.45) is 5.92 Å². The first-order valence-electron chi connectivity index (χ1n) is 8.98. The van der Waals surface area contributed by atoms with Crippen molar-refractivity contribution in [1.29, 1.82) is 0 Å². The Morgan fingerprint density at radius 2 is 1.90 bits per heavy atom. The molecular formula is C20H35N. The summed E-state index contributed by atoms with van der Waals surface area (Å²) in [4.78, 5) is 0. The molecule has 0 spiro atoms. The van der Waals surface area contributed by atoms with Gasteiger partial charge in [0.15, 0.2) is 0 Å². The third kappa shape index (κ3) is 7.13. The number of unbranched alkanes of at least 4 members (excludes halogenated alkanes) is 1. The molecule has 120 valence electrons. The van der Waals surface area contributed by atoms with Crippen LogP contribution in [0.4, 0.5) is 0 Å². The molecular weight excluding hydrogens is 254 g/mol. The molecule has 0 aromatic heterocycles. The number of aryl methyl sites for hydroxylation is 1. The molecule has 0 fully saturated rings. The minimum Gasteiger partial charge on any atom is -0.316 e. The van der Waals surface area contributed by atoms with Crippen LogP contribution in [0.1, 0.15) is 76.3 Å². The molecule has 0 radical (unpaired) electrons. The Hall–Kier alpha value is -0.820. The molecule has 1 aromatic carbocycles. The molecule has 1 nitrogen and oxygen atoms in total. The predicted octanol–water partition coefficient (Wildman–Crippen LogP) is 5.68. The van der Waals surface area contributed by atoms with Gasteiger partial charge in [0, 0.05) is 6.54 Å². The Bertz CT molecular complexity index is 372. The van der Waals surface area contributed by atoms with E-state index in [1.54, 1.807) is 0 Å². The van der Waals surface area contributed by atoms with E-state index >= 15 is 0 Å². The number of nitrogens with one attached hydrogen (secondary N) is 1. The molecule has 1 heteroatoms. The maximum absolute atomic E-state index is 3.64. The van der Waals surface area contributed by atoms with Crippen LogP contribution in [0.15, 0.2) is 24.3 Å². The van der Waals surface area contributed by atoms with Crippen LogP contribution in [0.3, 0.4) is 0 Å². The molecule has 1 N–H and O–H groups in total. The third-order valence-corrected chi connectivity index (χ3v) is 4.49. The van der Waals surface area contributed by atoms with Crippen LogP contribution in [0, 0.1) is 12.8 Å². The SMILES string of the molecule is CCCCC(CC)CC(CNCCC)c1cccc(C)c1. The van der Waals surface area contributed by atoms with Gasteiger partial charge >= 0.3 is 0 Å². The standard InChI is InChI=1S/C20H35N/c1-5-8-11-18(7-3)15-20(16-21-13-6-2)19-12-9-10-17(4)14-19/h9-10,12,14,18,20-21H,5-8,11,13,15-16H2,1-4H3. The van der Waals surface area contributed by atoms with E-state index in [0.29, 0.717) is 5.92 Å². The number of benzene rings is 1. The van der Waals surface area contributed by atoms with Crippen molar-refractivity contribution in [2.75, 3.05) is 13.1 Å². The van der Waals surface area contributed by atoms with E-state index in [1.165, 1.54) is 49.7 Å². The summed E-state index contributed by atoms with van der Waals surface area (Å²) in [6, 6.07) is 9.11. The number of hydrogen-bond donors (Lipinski definition) is 1. The van der Waals surface area contributed by atoms with Gasteiger partial charge < -0.3 is 5.32 Å².